The highest BCUT2D eigenvalue weighted by atomic mass is 32.1. The van der Waals surface area contributed by atoms with Crippen LogP contribution in [0.4, 0.5) is 0 Å². The number of carbonyl (C=O) groups excluding carboxylic acids is 1. The summed E-state index contributed by atoms with van der Waals surface area (Å²) in [6, 6.07) is 1.56. The van der Waals surface area contributed by atoms with E-state index in [9.17, 15) is 4.79 Å². The van der Waals surface area contributed by atoms with Crippen LogP contribution >= 0.6 is 11.3 Å². The fourth-order valence-corrected chi connectivity index (χ4v) is 4.44. The number of hydrogen-bond donors (Lipinski definition) is 2. The van der Waals surface area contributed by atoms with Crippen LogP contribution in [0.1, 0.15) is 47.6 Å². The van der Waals surface area contributed by atoms with Gasteiger partial charge in [-0.25, -0.2) is 4.98 Å². The molecule has 1 aromatic heterocycles. The first-order valence-electron chi connectivity index (χ1n) is 7.84. The highest BCUT2D eigenvalue weighted by molar-refractivity contribution is 7.09. The minimum atomic E-state index is -0.0258. The molecule has 2 atom stereocenters. The van der Waals surface area contributed by atoms with E-state index in [-0.39, 0.29) is 5.91 Å². The average molecular weight is 308 g/mol. The number of carbonyl (C=O) groups is 1. The molecule has 3 heterocycles. The van der Waals surface area contributed by atoms with Crippen LogP contribution in [0.25, 0.3) is 0 Å². The van der Waals surface area contributed by atoms with Crippen LogP contribution in [0, 0.1) is 0 Å². The summed E-state index contributed by atoms with van der Waals surface area (Å²) in [6.07, 6.45) is 6.73. The normalized spacial score (nSPS) is 29.3. The fraction of sp³-hybridized carbons (Fsp3) is 0.733. The van der Waals surface area contributed by atoms with Gasteiger partial charge in [-0.2, -0.15) is 0 Å². The molecular weight excluding hydrogens is 284 g/mol. The third kappa shape index (κ3) is 3.27. The molecular formula is C15H24N4OS. The summed E-state index contributed by atoms with van der Waals surface area (Å²) >= 11 is 1.52. The van der Waals surface area contributed by atoms with E-state index in [1.54, 1.807) is 0 Å². The van der Waals surface area contributed by atoms with E-state index in [1.807, 2.05) is 5.38 Å². The maximum absolute atomic E-state index is 12.3. The quantitative estimate of drug-likeness (QED) is 0.882. The molecule has 2 unspecified atom stereocenters. The van der Waals surface area contributed by atoms with Gasteiger partial charge in [0.25, 0.3) is 5.91 Å². The van der Waals surface area contributed by atoms with Crippen LogP contribution < -0.4 is 11.1 Å². The number of fused-ring (bicyclic) bond motifs is 2. The van der Waals surface area contributed by atoms with Crippen molar-refractivity contribution in [2.45, 2.75) is 56.7 Å². The van der Waals surface area contributed by atoms with Gasteiger partial charge >= 0.3 is 0 Å². The second-order valence-electron chi connectivity index (χ2n) is 6.21. The first-order chi connectivity index (χ1) is 10.2. The highest BCUT2D eigenvalue weighted by Gasteiger charge is 2.36. The lowest BCUT2D eigenvalue weighted by molar-refractivity contribution is 0.0462. The second-order valence-corrected chi connectivity index (χ2v) is 7.15. The first-order valence-corrected chi connectivity index (χ1v) is 8.72. The molecule has 1 amide bonds. The molecule has 0 aliphatic carbocycles. The Kier molecular flexibility index (Phi) is 4.57. The smallest absolute Gasteiger partial charge is 0.270 e. The Bertz CT molecular complexity index is 490. The number of rotatable bonds is 4. The van der Waals surface area contributed by atoms with Crippen LogP contribution in [-0.2, 0) is 6.42 Å². The predicted molar refractivity (Wildman–Crippen MR) is 84.6 cm³/mol. The predicted octanol–water partition coefficient (Wildman–Crippen LogP) is 1.39. The molecule has 0 spiro atoms. The van der Waals surface area contributed by atoms with Crippen LogP contribution in [0.15, 0.2) is 5.38 Å². The third-order valence-electron chi connectivity index (χ3n) is 4.82. The summed E-state index contributed by atoms with van der Waals surface area (Å²) in [5.41, 5.74) is 6.07. The Morgan fingerprint density at radius 3 is 2.86 bits per heavy atom. The number of aromatic nitrogens is 1. The molecule has 21 heavy (non-hydrogen) atoms. The summed E-state index contributed by atoms with van der Waals surface area (Å²) in [5.74, 6) is -0.0258. The van der Waals surface area contributed by atoms with Crippen molar-refractivity contribution in [1.82, 2.24) is 15.2 Å². The summed E-state index contributed by atoms with van der Waals surface area (Å²) in [5, 5.41) is 5.98. The van der Waals surface area contributed by atoms with E-state index in [2.05, 4.69) is 22.2 Å². The van der Waals surface area contributed by atoms with Crippen molar-refractivity contribution in [3.63, 3.8) is 0 Å². The summed E-state index contributed by atoms with van der Waals surface area (Å²) in [6.45, 7) is 0.576. The third-order valence-corrected chi connectivity index (χ3v) is 5.73. The topological polar surface area (TPSA) is 71.2 Å². The standard InChI is InChI=1S/C15H24N4OS/c1-19-11-3-2-4-12(19)8-10(7-11)17-15(20)13-9-21-14(18-13)5-6-16/h9-12H,2-8,16H2,1H3,(H,17,20). The van der Waals surface area contributed by atoms with Crippen molar-refractivity contribution in [2.75, 3.05) is 13.6 Å². The molecule has 3 rings (SSSR count). The molecule has 5 nitrogen and oxygen atoms in total. The Labute approximate surface area is 129 Å². The molecule has 0 radical (unpaired) electrons. The molecule has 2 fully saturated rings. The molecule has 116 valence electrons. The monoisotopic (exact) mass is 308 g/mol. The van der Waals surface area contributed by atoms with Crippen LogP contribution in [0.5, 0.6) is 0 Å². The van der Waals surface area contributed by atoms with E-state index in [1.165, 1.54) is 30.6 Å². The lowest BCUT2D eigenvalue weighted by Crippen LogP contribution is -2.55. The van der Waals surface area contributed by atoms with Crippen LogP contribution in [-0.4, -0.2) is 47.5 Å². The van der Waals surface area contributed by atoms with Gasteiger partial charge in [-0.3, -0.25) is 4.79 Å². The molecule has 2 aliphatic heterocycles. The van der Waals surface area contributed by atoms with Crippen LogP contribution in [0.3, 0.4) is 0 Å². The van der Waals surface area contributed by atoms with Crippen molar-refractivity contribution >= 4 is 17.2 Å². The highest BCUT2D eigenvalue weighted by Crippen LogP contribution is 2.32. The summed E-state index contributed by atoms with van der Waals surface area (Å²) in [7, 11) is 2.23. The number of thiazole rings is 1. The maximum atomic E-state index is 12.3. The van der Waals surface area contributed by atoms with Gasteiger partial charge in [0.05, 0.1) is 5.01 Å². The SMILES string of the molecule is CN1C2CCCC1CC(NC(=O)c1csc(CCN)n1)C2. The summed E-state index contributed by atoms with van der Waals surface area (Å²) < 4.78 is 0. The number of piperidine rings is 2. The van der Waals surface area contributed by atoms with Crippen molar-refractivity contribution in [1.29, 1.82) is 0 Å². The Hall–Kier alpha value is -0.980. The minimum Gasteiger partial charge on any atom is -0.348 e. The van der Waals surface area contributed by atoms with Crippen molar-refractivity contribution in [2.24, 2.45) is 5.73 Å². The Morgan fingerprint density at radius 2 is 2.19 bits per heavy atom. The van der Waals surface area contributed by atoms with Crippen molar-refractivity contribution in [3.8, 4) is 0 Å². The number of nitrogens with one attached hydrogen (secondary N) is 1. The zero-order valence-corrected chi connectivity index (χ0v) is 13.4. The number of nitrogens with zero attached hydrogens (tertiary/aromatic N) is 2. The minimum absolute atomic E-state index is 0.0258. The van der Waals surface area contributed by atoms with Gasteiger partial charge in [0.2, 0.25) is 0 Å². The molecule has 6 heteroatoms. The van der Waals surface area contributed by atoms with E-state index in [4.69, 9.17) is 5.73 Å². The van der Waals surface area contributed by atoms with Gasteiger partial charge in [0.1, 0.15) is 5.69 Å². The molecule has 2 bridgehead atoms. The van der Waals surface area contributed by atoms with Crippen molar-refractivity contribution < 1.29 is 4.79 Å². The van der Waals surface area contributed by atoms with Gasteiger partial charge in [-0.15, -0.1) is 11.3 Å². The molecule has 0 saturated carbocycles. The zero-order valence-electron chi connectivity index (χ0n) is 12.5. The molecule has 1 aromatic rings. The molecule has 2 aliphatic rings. The van der Waals surface area contributed by atoms with E-state index in [0.29, 0.717) is 30.4 Å². The first kappa shape index (κ1) is 14.9. The number of hydrogen-bond acceptors (Lipinski definition) is 5. The van der Waals surface area contributed by atoms with Gasteiger partial charge in [-0.1, -0.05) is 6.42 Å². The van der Waals surface area contributed by atoms with Crippen LogP contribution in [0.2, 0.25) is 0 Å². The lowest BCUT2D eigenvalue weighted by atomic mass is 9.82. The maximum Gasteiger partial charge on any atom is 0.270 e. The van der Waals surface area contributed by atoms with E-state index in [0.717, 1.165) is 24.3 Å². The molecule has 0 aromatic carbocycles. The lowest BCUT2D eigenvalue weighted by Gasteiger charge is -2.47. The summed E-state index contributed by atoms with van der Waals surface area (Å²) in [4.78, 5) is 19.2. The Morgan fingerprint density at radius 1 is 1.48 bits per heavy atom. The largest absolute Gasteiger partial charge is 0.348 e. The second kappa shape index (κ2) is 6.42. The van der Waals surface area contributed by atoms with Gasteiger partial charge in [-0.05, 0) is 39.3 Å². The average Bonchev–Trinajstić information content (AvgIpc) is 2.89. The fourth-order valence-electron chi connectivity index (χ4n) is 3.65. The van der Waals surface area contributed by atoms with Crippen molar-refractivity contribution in [3.05, 3.63) is 16.1 Å². The zero-order chi connectivity index (χ0) is 14.8. The van der Waals surface area contributed by atoms with E-state index < -0.39 is 0 Å². The number of nitrogens with two attached hydrogens (primary N) is 1. The van der Waals surface area contributed by atoms with Gasteiger partial charge in [0.15, 0.2) is 0 Å². The number of amides is 1. The van der Waals surface area contributed by atoms with Gasteiger partial charge < -0.3 is 16.0 Å². The molecule has 3 N–H and O–H groups in total. The Balaban J connectivity index is 1.59. The molecule has 2 saturated heterocycles. The van der Waals surface area contributed by atoms with Gasteiger partial charge in [0, 0.05) is 29.9 Å². The van der Waals surface area contributed by atoms with E-state index >= 15 is 0 Å².